The fraction of sp³-hybridized carbons (Fsp3) is 0.500. The predicted octanol–water partition coefficient (Wildman–Crippen LogP) is 0.655. The molecule has 3 rings (SSSR count). The monoisotopic (exact) mass is 365 g/mol. The van der Waals surface area contributed by atoms with E-state index in [1.165, 1.54) is 31.5 Å². The molecular weight excluding hydrogens is 342 g/mol. The third-order valence-electron chi connectivity index (χ3n) is 4.05. The highest BCUT2D eigenvalue weighted by molar-refractivity contribution is 7.89. The Kier molecular flexibility index (Phi) is 5.54. The molecule has 0 amide bonds. The molecular formula is C16H23N5O3S. The molecule has 0 unspecified atom stereocenters. The van der Waals surface area contributed by atoms with Gasteiger partial charge in [-0.25, -0.2) is 0 Å². The number of nitrogens with one attached hydrogen (secondary N) is 1. The Bertz CT molecular complexity index is 770. The Morgan fingerprint density at radius 1 is 1.24 bits per heavy atom. The van der Waals surface area contributed by atoms with Crippen LogP contribution in [0.5, 0.6) is 5.75 Å². The molecule has 0 saturated carbocycles. The van der Waals surface area contributed by atoms with Crippen molar-refractivity contribution in [2.24, 2.45) is 14.5 Å². The highest BCUT2D eigenvalue weighted by Gasteiger charge is 2.20. The number of likely N-dealkylation sites (tertiary alicyclic amines) is 1. The van der Waals surface area contributed by atoms with Gasteiger partial charge < -0.3 is 15.8 Å². The van der Waals surface area contributed by atoms with Gasteiger partial charge in [0.1, 0.15) is 5.75 Å². The van der Waals surface area contributed by atoms with Gasteiger partial charge in [-0.2, -0.15) is 8.42 Å². The van der Waals surface area contributed by atoms with Crippen LogP contribution in [-0.4, -0.2) is 51.2 Å². The van der Waals surface area contributed by atoms with Crippen molar-refractivity contribution < 1.29 is 13.2 Å². The highest BCUT2D eigenvalue weighted by Crippen LogP contribution is 2.17. The van der Waals surface area contributed by atoms with E-state index in [4.69, 9.17) is 10.5 Å². The van der Waals surface area contributed by atoms with Crippen molar-refractivity contribution in [2.75, 3.05) is 26.2 Å². The minimum atomic E-state index is -3.79. The fourth-order valence-electron chi connectivity index (χ4n) is 2.87. The van der Waals surface area contributed by atoms with E-state index in [9.17, 15) is 8.42 Å². The third-order valence-corrected chi connectivity index (χ3v) is 4.89. The molecule has 2 aliphatic rings. The number of rotatable bonds is 7. The zero-order chi connectivity index (χ0) is 17.7. The molecule has 1 saturated heterocycles. The lowest BCUT2D eigenvalue weighted by molar-refractivity contribution is 0.308. The van der Waals surface area contributed by atoms with E-state index in [2.05, 4.69) is 31.1 Å². The van der Waals surface area contributed by atoms with Crippen molar-refractivity contribution in [1.29, 1.82) is 0 Å². The maximum atomic E-state index is 11.2. The normalized spacial score (nSPS) is 19.5. The minimum absolute atomic E-state index is 0.101. The zero-order valence-electron chi connectivity index (χ0n) is 14.0. The average Bonchev–Trinajstić information content (AvgIpc) is 3.15. The topological polar surface area (TPSA) is 109 Å². The zero-order valence-corrected chi connectivity index (χ0v) is 14.8. The Morgan fingerprint density at radius 3 is 2.76 bits per heavy atom. The molecule has 2 aliphatic heterocycles. The fourth-order valence-corrected chi connectivity index (χ4v) is 3.64. The summed E-state index contributed by atoms with van der Waals surface area (Å²) in [6.45, 7) is 4.31. The predicted molar refractivity (Wildman–Crippen MR) is 97.0 cm³/mol. The van der Waals surface area contributed by atoms with Crippen LogP contribution in [0.3, 0.4) is 0 Å². The largest absolute Gasteiger partial charge is 0.494 e. The first kappa shape index (κ1) is 17.7. The minimum Gasteiger partial charge on any atom is -0.494 e. The van der Waals surface area contributed by atoms with Crippen molar-refractivity contribution in [3.8, 4) is 5.75 Å². The Morgan fingerprint density at radius 2 is 2.04 bits per heavy atom. The first-order chi connectivity index (χ1) is 12.0. The smallest absolute Gasteiger partial charge is 0.367 e. The summed E-state index contributed by atoms with van der Waals surface area (Å²) in [5.74, 6) is 0.849. The molecule has 1 aromatic rings. The maximum absolute atomic E-state index is 11.2. The van der Waals surface area contributed by atoms with Gasteiger partial charge in [0.05, 0.1) is 6.61 Å². The number of amidine groups is 2. The summed E-state index contributed by atoms with van der Waals surface area (Å²) in [5, 5.41) is 2.86. The number of hydrogen-bond acceptors (Lipinski definition) is 6. The van der Waals surface area contributed by atoms with Gasteiger partial charge in [-0.15, -0.1) is 8.80 Å². The number of nitrogens with two attached hydrogens (primary N) is 1. The van der Waals surface area contributed by atoms with E-state index in [-0.39, 0.29) is 11.7 Å². The summed E-state index contributed by atoms with van der Waals surface area (Å²) in [4.78, 5) is 2.45. The van der Waals surface area contributed by atoms with Gasteiger partial charge in [-0.3, -0.25) is 4.90 Å². The van der Waals surface area contributed by atoms with E-state index in [1.807, 2.05) is 12.1 Å². The molecule has 25 heavy (non-hydrogen) atoms. The number of hydrogen-bond donors (Lipinski definition) is 2. The molecule has 9 heteroatoms. The lowest BCUT2D eigenvalue weighted by Crippen LogP contribution is -2.35. The Hall–Kier alpha value is -2.13. The van der Waals surface area contributed by atoms with Gasteiger partial charge in [0.25, 0.3) is 0 Å². The van der Waals surface area contributed by atoms with Crippen LogP contribution in [0.2, 0.25) is 0 Å². The lowest BCUT2D eigenvalue weighted by Gasteiger charge is -2.15. The van der Waals surface area contributed by atoms with Crippen molar-refractivity contribution in [1.82, 2.24) is 10.2 Å². The average molecular weight is 365 g/mol. The van der Waals surface area contributed by atoms with E-state index >= 15 is 0 Å². The highest BCUT2D eigenvalue weighted by atomic mass is 32.2. The van der Waals surface area contributed by atoms with Crippen LogP contribution in [0.1, 0.15) is 24.8 Å². The quantitative estimate of drug-likeness (QED) is 0.687. The summed E-state index contributed by atoms with van der Waals surface area (Å²) in [6, 6.07) is 8.14. The van der Waals surface area contributed by atoms with Crippen LogP contribution in [0.25, 0.3) is 0 Å². The van der Waals surface area contributed by atoms with E-state index in [0.717, 1.165) is 12.3 Å². The Balaban J connectivity index is 1.40. The van der Waals surface area contributed by atoms with Crippen LogP contribution < -0.4 is 15.8 Å². The molecule has 0 aliphatic carbocycles. The number of benzene rings is 1. The maximum Gasteiger partial charge on any atom is 0.367 e. The molecule has 2 heterocycles. The second-order valence-corrected chi connectivity index (χ2v) is 7.38. The molecule has 0 atom stereocenters. The van der Waals surface area contributed by atoms with Crippen LogP contribution in [0.4, 0.5) is 0 Å². The van der Waals surface area contributed by atoms with Crippen LogP contribution in [-0.2, 0) is 16.8 Å². The van der Waals surface area contributed by atoms with E-state index in [0.29, 0.717) is 19.6 Å². The van der Waals surface area contributed by atoms with Crippen molar-refractivity contribution in [2.45, 2.75) is 25.8 Å². The summed E-state index contributed by atoms with van der Waals surface area (Å²) in [7, 11) is -3.79. The molecule has 0 bridgehead atoms. The number of ether oxygens (including phenoxy) is 1. The molecule has 3 N–H and O–H groups in total. The van der Waals surface area contributed by atoms with Crippen molar-refractivity contribution >= 4 is 21.9 Å². The summed E-state index contributed by atoms with van der Waals surface area (Å²) in [5.41, 5.74) is 6.74. The van der Waals surface area contributed by atoms with Gasteiger partial charge >= 0.3 is 10.2 Å². The van der Waals surface area contributed by atoms with Gasteiger partial charge in [0, 0.05) is 13.1 Å². The summed E-state index contributed by atoms with van der Waals surface area (Å²) < 4.78 is 34.8. The second kappa shape index (κ2) is 7.83. The third kappa shape index (κ3) is 5.17. The van der Waals surface area contributed by atoms with Gasteiger partial charge in [-0.1, -0.05) is 12.1 Å². The molecule has 136 valence electrons. The van der Waals surface area contributed by atoms with Gasteiger partial charge in [0.15, 0.2) is 11.7 Å². The first-order valence-corrected chi connectivity index (χ1v) is 9.80. The molecule has 0 radical (unpaired) electrons. The van der Waals surface area contributed by atoms with E-state index in [1.54, 1.807) is 0 Å². The second-order valence-electron chi connectivity index (χ2n) is 6.12. The standard InChI is InChI=1S/C16H23N5O3S/c17-15-16(20-25(22,23)19-15)18-7-4-10-24-14-6-3-5-13(11-14)12-21-8-1-2-9-21/h3,5-6,11H,1-2,4,7-10,12H2,(H2,17,19)(H,18,20). The molecule has 8 nitrogen and oxygen atoms in total. The van der Waals surface area contributed by atoms with Crippen molar-refractivity contribution in [3.05, 3.63) is 29.8 Å². The van der Waals surface area contributed by atoms with Crippen LogP contribution >= 0.6 is 0 Å². The summed E-state index contributed by atoms with van der Waals surface area (Å²) >= 11 is 0. The molecule has 1 aromatic carbocycles. The van der Waals surface area contributed by atoms with Crippen LogP contribution in [0, 0.1) is 0 Å². The molecule has 1 fully saturated rings. The summed E-state index contributed by atoms with van der Waals surface area (Å²) in [6.07, 6.45) is 3.25. The van der Waals surface area contributed by atoms with Crippen molar-refractivity contribution in [3.63, 3.8) is 0 Å². The molecule has 0 aromatic heterocycles. The van der Waals surface area contributed by atoms with Gasteiger partial charge in [-0.05, 0) is 50.0 Å². The van der Waals surface area contributed by atoms with Gasteiger partial charge in [0.2, 0.25) is 0 Å². The van der Waals surface area contributed by atoms with Crippen LogP contribution in [0.15, 0.2) is 33.1 Å². The number of nitrogens with zero attached hydrogens (tertiary/aromatic N) is 3. The first-order valence-electron chi connectivity index (χ1n) is 8.40. The Labute approximate surface area is 148 Å². The van der Waals surface area contributed by atoms with E-state index < -0.39 is 10.2 Å². The molecule has 0 spiro atoms. The lowest BCUT2D eigenvalue weighted by atomic mass is 10.2. The SMILES string of the molecule is NC1=NS(=O)(=O)N=C1NCCCOc1cccc(CN2CCCC2)c1.